The number of rotatable bonds is 5. The van der Waals surface area contributed by atoms with E-state index in [0.717, 1.165) is 22.2 Å². The zero-order chi connectivity index (χ0) is 13.8. The first-order valence-electron chi connectivity index (χ1n) is 6.14. The molecule has 2 rings (SSSR count). The van der Waals surface area contributed by atoms with E-state index in [4.69, 9.17) is 0 Å². The lowest BCUT2D eigenvalue weighted by Crippen LogP contribution is -2.18. The average Bonchev–Trinajstić information content (AvgIpc) is 2.39. The van der Waals surface area contributed by atoms with Crippen molar-refractivity contribution >= 4 is 34.2 Å². The summed E-state index contributed by atoms with van der Waals surface area (Å²) in [6.45, 7) is 2.12. The van der Waals surface area contributed by atoms with Crippen LogP contribution in [0.5, 0.6) is 0 Å². The van der Waals surface area contributed by atoms with E-state index in [-0.39, 0.29) is 0 Å². The van der Waals surface area contributed by atoms with Gasteiger partial charge in [0.1, 0.15) is 0 Å². The van der Waals surface area contributed by atoms with Crippen molar-refractivity contribution in [1.82, 2.24) is 0 Å². The van der Waals surface area contributed by atoms with E-state index in [1.165, 1.54) is 0 Å². The summed E-state index contributed by atoms with van der Waals surface area (Å²) in [7, 11) is 0. The Hall–Kier alpha value is -1.68. The number of hydrogen-bond acceptors (Lipinski definition) is 3. The molecule has 2 N–H and O–H groups in total. The molecule has 2 aromatic rings. The largest absolute Gasteiger partial charge is 0.478 e. The third-order valence-electron chi connectivity index (χ3n) is 2.97. The minimum atomic E-state index is -0.889. The maximum Gasteiger partial charge on any atom is 0.336 e. The van der Waals surface area contributed by atoms with Gasteiger partial charge in [0, 0.05) is 22.9 Å². The molecule has 0 bridgehead atoms. The molecule has 100 valence electrons. The van der Waals surface area contributed by atoms with Crippen LogP contribution in [0.1, 0.15) is 17.3 Å². The minimum Gasteiger partial charge on any atom is -0.478 e. The Labute approximate surface area is 117 Å². The fraction of sp³-hybridized carbons (Fsp3) is 0.267. The number of benzene rings is 2. The van der Waals surface area contributed by atoms with Crippen molar-refractivity contribution in [3.8, 4) is 0 Å². The number of hydrogen-bond donors (Lipinski definition) is 2. The SMILES string of the molecule is CSCC(C)Nc1ccc(C(=O)O)c2ccccc12. The molecular formula is C15H17NO2S. The van der Waals surface area contributed by atoms with Gasteiger partial charge in [-0.25, -0.2) is 4.79 Å². The number of carboxylic acid groups (broad SMARTS) is 1. The number of carboxylic acids is 1. The van der Waals surface area contributed by atoms with Gasteiger partial charge in [0.2, 0.25) is 0 Å². The van der Waals surface area contributed by atoms with Crippen molar-refractivity contribution in [2.24, 2.45) is 0 Å². The molecular weight excluding hydrogens is 258 g/mol. The summed E-state index contributed by atoms with van der Waals surface area (Å²) in [6, 6.07) is 11.5. The fourth-order valence-corrected chi connectivity index (χ4v) is 2.75. The number of fused-ring (bicyclic) bond motifs is 1. The van der Waals surface area contributed by atoms with Crippen LogP contribution in [-0.2, 0) is 0 Å². The van der Waals surface area contributed by atoms with Crippen molar-refractivity contribution in [1.29, 1.82) is 0 Å². The van der Waals surface area contributed by atoms with Gasteiger partial charge in [-0.2, -0.15) is 11.8 Å². The third-order valence-corrected chi connectivity index (χ3v) is 3.81. The molecule has 0 saturated heterocycles. The van der Waals surface area contributed by atoms with Crippen LogP contribution in [0.4, 0.5) is 5.69 Å². The number of nitrogens with one attached hydrogen (secondary N) is 1. The van der Waals surface area contributed by atoms with Gasteiger partial charge in [-0.15, -0.1) is 0 Å². The van der Waals surface area contributed by atoms with Crippen LogP contribution in [0.3, 0.4) is 0 Å². The van der Waals surface area contributed by atoms with Gasteiger partial charge in [0.05, 0.1) is 5.56 Å². The van der Waals surface area contributed by atoms with Gasteiger partial charge in [-0.1, -0.05) is 24.3 Å². The Morgan fingerprint density at radius 2 is 1.95 bits per heavy atom. The predicted octanol–water partition coefficient (Wildman–Crippen LogP) is 3.70. The molecule has 0 spiro atoms. The molecule has 1 unspecified atom stereocenters. The van der Waals surface area contributed by atoms with Gasteiger partial charge < -0.3 is 10.4 Å². The first-order chi connectivity index (χ1) is 9.13. The van der Waals surface area contributed by atoms with Crippen LogP contribution < -0.4 is 5.32 Å². The highest BCUT2D eigenvalue weighted by Crippen LogP contribution is 2.27. The van der Waals surface area contributed by atoms with Gasteiger partial charge in [0.15, 0.2) is 0 Å². The lowest BCUT2D eigenvalue weighted by atomic mass is 10.0. The maximum absolute atomic E-state index is 11.2. The van der Waals surface area contributed by atoms with E-state index < -0.39 is 5.97 Å². The van der Waals surface area contributed by atoms with Gasteiger partial charge in [-0.3, -0.25) is 0 Å². The lowest BCUT2D eigenvalue weighted by Gasteiger charge is -2.16. The second kappa shape index (κ2) is 5.97. The Morgan fingerprint density at radius 3 is 2.58 bits per heavy atom. The van der Waals surface area contributed by atoms with E-state index in [9.17, 15) is 9.90 Å². The summed E-state index contributed by atoms with van der Waals surface area (Å²) in [5.74, 6) is 0.120. The van der Waals surface area contributed by atoms with Crippen LogP contribution in [0.15, 0.2) is 36.4 Å². The summed E-state index contributed by atoms with van der Waals surface area (Å²) in [6.07, 6.45) is 2.07. The van der Waals surface area contributed by atoms with Crippen molar-refractivity contribution in [3.05, 3.63) is 42.0 Å². The standard InChI is InChI=1S/C15H17NO2S/c1-10(9-19-2)16-14-8-7-13(15(17)18)11-5-3-4-6-12(11)14/h3-8,10,16H,9H2,1-2H3,(H,17,18). The number of thioether (sulfide) groups is 1. The first kappa shape index (κ1) is 13.7. The van der Waals surface area contributed by atoms with Gasteiger partial charge >= 0.3 is 5.97 Å². The average molecular weight is 275 g/mol. The monoisotopic (exact) mass is 275 g/mol. The number of carbonyl (C=O) groups is 1. The Bertz CT molecular complexity index is 598. The molecule has 0 amide bonds. The van der Waals surface area contributed by atoms with E-state index in [1.54, 1.807) is 17.8 Å². The van der Waals surface area contributed by atoms with Crippen LogP contribution >= 0.6 is 11.8 Å². The van der Waals surface area contributed by atoms with Gasteiger partial charge in [-0.05, 0) is 30.7 Å². The van der Waals surface area contributed by atoms with E-state index in [2.05, 4.69) is 18.5 Å². The maximum atomic E-state index is 11.2. The molecule has 0 saturated carbocycles. The quantitative estimate of drug-likeness (QED) is 0.873. The zero-order valence-corrected chi connectivity index (χ0v) is 11.8. The molecule has 0 fully saturated rings. The minimum absolute atomic E-state index is 0.342. The summed E-state index contributed by atoms with van der Waals surface area (Å²) < 4.78 is 0. The van der Waals surface area contributed by atoms with E-state index in [1.807, 2.05) is 30.3 Å². The second-order valence-electron chi connectivity index (χ2n) is 4.51. The molecule has 19 heavy (non-hydrogen) atoms. The molecule has 0 aromatic heterocycles. The van der Waals surface area contributed by atoms with Crippen molar-refractivity contribution < 1.29 is 9.90 Å². The fourth-order valence-electron chi connectivity index (χ4n) is 2.17. The summed E-state index contributed by atoms with van der Waals surface area (Å²) in [4.78, 5) is 11.2. The highest BCUT2D eigenvalue weighted by molar-refractivity contribution is 7.98. The van der Waals surface area contributed by atoms with Crippen LogP contribution in [0.25, 0.3) is 10.8 Å². The smallest absolute Gasteiger partial charge is 0.336 e. The topological polar surface area (TPSA) is 49.3 Å². The Morgan fingerprint density at radius 1 is 1.26 bits per heavy atom. The normalized spacial score (nSPS) is 12.3. The molecule has 0 aliphatic heterocycles. The third kappa shape index (κ3) is 3.01. The Balaban J connectivity index is 2.46. The molecule has 1 atom stereocenters. The predicted molar refractivity (Wildman–Crippen MR) is 82.4 cm³/mol. The van der Waals surface area contributed by atoms with E-state index in [0.29, 0.717) is 11.6 Å². The molecule has 0 heterocycles. The molecule has 4 heteroatoms. The molecule has 3 nitrogen and oxygen atoms in total. The molecule has 0 radical (unpaired) electrons. The molecule has 2 aromatic carbocycles. The zero-order valence-electron chi connectivity index (χ0n) is 11.0. The van der Waals surface area contributed by atoms with E-state index >= 15 is 0 Å². The summed E-state index contributed by atoms with van der Waals surface area (Å²) >= 11 is 1.79. The molecule has 0 aliphatic carbocycles. The molecule has 0 aliphatic rings. The number of aromatic carboxylic acids is 1. The van der Waals surface area contributed by atoms with Crippen LogP contribution in [0.2, 0.25) is 0 Å². The highest BCUT2D eigenvalue weighted by Gasteiger charge is 2.11. The van der Waals surface area contributed by atoms with Crippen molar-refractivity contribution in [2.75, 3.05) is 17.3 Å². The van der Waals surface area contributed by atoms with Crippen molar-refractivity contribution in [3.63, 3.8) is 0 Å². The van der Waals surface area contributed by atoms with Crippen LogP contribution in [-0.4, -0.2) is 29.1 Å². The highest BCUT2D eigenvalue weighted by atomic mass is 32.2. The van der Waals surface area contributed by atoms with Gasteiger partial charge in [0.25, 0.3) is 0 Å². The lowest BCUT2D eigenvalue weighted by molar-refractivity contribution is 0.0699. The second-order valence-corrected chi connectivity index (χ2v) is 5.42. The Kier molecular flexibility index (Phi) is 4.32. The van der Waals surface area contributed by atoms with Crippen molar-refractivity contribution in [2.45, 2.75) is 13.0 Å². The summed E-state index contributed by atoms with van der Waals surface area (Å²) in [5, 5.41) is 14.4. The summed E-state index contributed by atoms with van der Waals surface area (Å²) in [5.41, 5.74) is 1.33. The van der Waals surface area contributed by atoms with Crippen LogP contribution in [0, 0.1) is 0 Å². The number of anilines is 1. The first-order valence-corrected chi connectivity index (χ1v) is 7.53.